The lowest BCUT2D eigenvalue weighted by atomic mass is 9.78. The summed E-state index contributed by atoms with van der Waals surface area (Å²) in [6.07, 6.45) is 3.54. The van der Waals surface area contributed by atoms with Crippen LogP contribution in [0.4, 0.5) is 0 Å². The summed E-state index contributed by atoms with van der Waals surface area (Å²) in [6, 6.07) is 10.3. The Labute approximate surface area is 160 Å². The first-order chi connectivity index (χ1) is 12.5. The van der Waals surface area contributed by atoms with Crippen LogP contribution < -0.4 is 5.32 Å². The van der Waals surface area contributed by atoms with Crippen molar-refractivity contribution in [1.29, 1.82) is 0 Å². The van der Waals surface area contributed by atoms with Crippen molar-refractivity contribution in [2.45, 2.75) is 56.5 Å². The molecule has 1 heterocycles. The van der Waals surface area contributed by atoms with Crippen LogP contribution in [0, 0.1) is 11.8 Å². The molecule has 6 heteroatoms. The summed E-state index contributed by atoms with van der Waals surface area (Å²) < 4.78 is 1.95. The standard InChI is InChI=1S/C20H28N4OS/c1-13-9-8-12-17(14(13)2)21-19(25)15(3)26-20-23-22-18(24(20)4)16-10-6-5-7-11-16/h5-7,10-11,13-15,17H,8-9,12H2,1-4H3,(H,21,25)/t13-,14+,15+,17+/m0/s1. The largest absolute Gasteiger partial charge is 0.352 e. The van der Waals surface area contributed by atoms with Gasteiger partial charge in [0.1, 0.15) is 0 Å². The van der Waals surface area contributed by atoms with Crippen LogP contribution in [0.1, 0.15) is 40.0 Å². The van der Waals surface area contributed by atoms with Crippen molar-refractivity contribution in [3.05, 3.63) is 30.3 Å². The number of nitrogens with one attached hydrogen (secondary N) is 1. The van der Waals surface area contributed by atoms with Crippen molar-refractivity contribution in [1.82, 2.24) is 20.1 Å². The molecule has 4 atom stereocenters. The molecule has 26 heavy (non-hydrogen) atoms. The van der Waals surface area contributed by atoms with Gasteiger partial charge in [-0.1, -0.05) is 68.8 Å². The summed E-state index contributed by atoms with van der Waals surface area (Å²) in [6.45, 7) is 6.47. The van der Waals surface area contributed by atoms with E-state index in [2.05, 4.69) is 29.4 Å². The molecule has 0 saturated heterocycles. The molecule has 0 unspecified atom stereocenters. The van der Waals surface area contributed by atoms with Gasteiger partial charge in [0.05, 0.1) is 5.25 Å². The van der Waals surface area contributed by atoms with Crippen LogP contribution in [0.5, 0.6) is 0 Å². The number of aromatic nitrogens is 3. The highest BCUT2D eigenvalue weighted by atomic mass is 32.2. The highest BCUT2D eigenvalue weighted by Gasteiger charge is 2.29. The highest BCUT2D eigenvalue weighted by Crippen LogP contribution is 2.30. The van der Waals surface area contributed by atoms with Gasteiger partial charge in [0, 0.05) is 18.7 Å². The van der Waals surface area contributed by atoms with Crippen molar-refractivity contribution in [2.24, 2.45) is 18.9 Å². The van der Waals surface area contributed by atoms with Gasteiger partial charge in [0.15, 0.2) is 11.0 Å². The number of hydrogen-bond donors (Lipinski definition) is 1. The molecule has 1 aliphatic carbocycles. The van der Waals surface area contributed by atoms with Crippen LogP contribution in [0.2, 0.25) is 0 Å². The molecule has 0 spiro atoms. The van der Waals surface area contributed by atoms with Crippen LogP contribution >= 0.6 is 11.8 Å². The molecule has 1 aliphatic rings. The number of carbonyl (C=O) groups is 1. The van der Waals surface area contributed by atoms with Gasteiger partial charge in [-0.25, -0.2) is 0 Å². The Morgan fingerprint density at radius 3 is 2.69 bits per heavy atom. The van der Waals surface area contributed by atoms with Crippen LogP contribution in [-0.2, 0) is 11.8 Å². The SMILES string of the molecule is C[C@@H]1[C@@H](C)CCC[C@H]1NC(=O)[C@@H](C)Sc1nnc(-c2ccccc2)n1C. The van der Waals surface area contributed by atoms with E-state index in [0.717, 1.165) is 23.0 Å². The minimum atomic E-state index is -0.203. The lowest BCUT2D eigenvalue weighted by molar-refractivity contribution is -0.121. The summed E-state index contributed by atoms with van der Waals surface area (Å²) in [7, 11) is 1.94. The molecule has 0 radical (unpaired) electrons. The molecule has 1 amide bonds. The molecule has 1 fully saturated rings. The van der Waals surface area contributed by atoms with E-state index in [4.69, 9.17) is 0 Å². The van der Waals surface area contributed by atoms with Crippen molar-refractivity contribution in [3.63, 3.8) is 0 Å². The van der Waals surface area contributed by atoms with E-state index in [1.165, 1.54) is 24.6 Å². The molecule has 1 N–H and O–H groups in total. The van der Waals surface area contributed by atoms with Gasteiger partial charge in [-0.15, -0.1) is 10.2 Å². The molecule has 5 nitrogen and oxygen atoms in total. The van der Waals surface area contributed by atoms with Gasteiger partial charge in [-0.3, -0.25) is 4.79 Å². The number of benzene rings is 1. The monoisotopic (exact) mass is 372 g/mol. The lowest BCUT2D eigenvalue weighted by Crippen LogP contribution is -2.46. The van der Waals surface area contributed by atoms with E-state index in [1.54, 1.807) is 0 Å². The topological polar surface area (TPSA) is 59.8 Å². The molecule has 140 valence electrons. The van der Waals surface area contributed by atoms with Gasteiger partial charge in [0.25, 0.3) is 0 Å². The Hall–Kier alpha value is -1.82. The third-order valence-electron chi connectivity index (χ3n) is 5.55. The Balaban J connectivity index is 1.64. The second-order valence-corrected chi connectivity index (χ2v) is 8.68. The molecule has 2 aromatic rings. The van der Waals surface area contributed by atoms with Crippen LogP contribution in [0.3, 0.4) is 0 Å². The van der Waals surface area contributed by atoms with Gasteiger partial charge < -0.3 is 9.88 Å². The number of hydrogen-bond acceptors (Lipinski definition) is 4. The van der Waals surface area contributed by atoms with Crippen molar-refractivity contribution in [2.75, 3.05) is 0 Å². The van der Waals surface area contributed by atoms with E-state index >= 15 is 0 Å². The second kappa shape index (κ2) is 8.25. The minimum absolute atomic E-state index is 0.0882. The molecule has 0 bridgehead atoms. The fourth-order valence-electron chi connectivity index (χ4n) is 3.55. The highest BCUT2D eigenvalue weighted by molar-refractivity contribution is 8.00. The first-order valence-electron chi connectivity index (χ1n) is 9.39. The molecule has 1 saturated carbocycles. The van der Waals surface area contributed by atoms with E-state index in [-0.39, 0.29) is 17.2 Å². The average Bonchev–Trinajstić information content (AvgIpc) is 3.00. The third-order valence-corrected chi connectivity index (χ3v) is 6.69. The Morgan fingerprint density at radius 2 is 1.96 bits per heavy atom. The molecule has 1 aromatic carbocycles. The number of rotatable bonds is 5. The maximum atomic E-state index is 12.7. The normalized spacial score (nSPS) is 24.2. The minimum Gasteiger partial charge on any atom is -0.352 e. The maximum Gasteiger partial charge on any atom is 0.233 e. The van der Waals surface area contributed by atoms with Crippen LogP contribution in [0.15, 0.2) is 35.5 Å². The zero-order chi connectivity index (χ0) is 18.7. The summed E-state index contributed by atoms with van der Waals surface area (Å²) in [5.74, 6) is 2.11. The first kappa shape index (κ1) is 19.0. The summed E-state index contributed by atoms with van der Waals surface area (Å²) in [5.41, 5.74) is 1.02. The van der Waals surface area contributed by atoms with Gasteiger partial charge >= 0.3 is 0 Å². The third kappa shape index (κ3) is 4.11. The lowest BCUT2D eigenvalue weighted by Gasteiger charge is -2.35. The summed E-state index contributed by atoms with van der Waals surface area (Å²) in [4.78, 5) is 12.7. The summed E-state index contributed by atoms with van der Waals surface area (Å²) in [5, 5.41) is 12.4. The van der Waals surface area contributed by atoms with E-state index < -0.39 is 0 Å². The molecule has 1 aromatic heterocycles. The van der Waals surface area contributed by atoms with Gasteiger partial charge in [0.2, 0.25) is 5.91 Å². The quantitative estimate of drug-likeness (QED) is 0.809. The van der Waals surface area contributed by atoms with Gasteiger partial charge in [-0.2, -0.15) is 0 Å². The number of amides is 1. The Bertz CT molecular complexity index is 746. The van der Waals surface area contributed by atoms with Crippen LogP contribution in [0.25, 0.3) is 11.4 Å². The number of carbonyl (C=O) groups excluding carboxylic acids is 1. The molecule has 3 rings (SSSR count). The van der Waals surface area contributed by atoms with Crippen molar-refractivity contribution < 1.29 is 4.79 Å². The Kier molecular flexibility index (Phi) is 6.01. The van der Waals surface area contributed by atoms with E-state index in [9.17, 15) is 4.79 Å². The van der Waals surface area contributed by atoms with Crippen molar-refractivity contribution >= 4 is 17.7 Å². The molecular formula is C20H28N4OS. The molecular weight excluding hydrogens is 344 g/mol. The fraction of sp³-hybridized carbons (Fsp3) is 0.550. The average molecular weight is 373 g/mol. The van der Waals surface area contributed by atoms with Gasteiger partial charge in [-0.05, 0) is 25.2 Å². The fourth-order valence-corrected chi connectivity index (χ4v) is 4.38. The molecule has 0 aliphatic heterocycles. The predicted molar refractivity (Wildman–Crippen MR) is 106 cm³/mol. The number of nitrogens with zero attached hydrogens (tertiary/aromatic N) is 3. The number of thioether (sulfide) groups is 1. The predicted octanol–water partition coefficient (Wildman–Crippen LogP) is 3.90. The Morgan fingerprint density at radius 1 is 1.23 bits per heavy atom. The second-order valence-electron chi connectivity index (χ2n) is 7.37. The zero-order valence-corrected chi connectivity index (χ0v) is 16.8. The smallest absolute Gasteiger partial charge is 0.233 e. The first-order valence-corrected chi connectivity index (χ1v) is 10.3. The van der Waals surface area contributed by atoms with Crippen LogP contribution in [-0.4, -0.2) is 32.0 Å². The zero-order valence-electron chi connectivity index (χ0n) is 16.0. The van der Waals surface area contributed by atoms with E-state index in [1.807, 2.05) is 48.9 Å². The maximum absolute atomic E-state index is 12.7. The summed E-state index contributed by atoms with van der Waals surface area (Å²) >= 11 is 1.46. The van der Waals surface area contributed by atoms with E-state index in [0.29, 0.717) is 11.8 Å². The van der Waals surface area contributed by atoms with Crippen molar-refractivity contribution in [3.8, 4) is 11.4 Å².